The molecule has 38 valence electrons. The molecule has 0 aromatic carbocycles. The average Bonchev–Trinajstić information content (AvgIpc) is 1.00. The van der Waals surface area contributed by atoms with E-state index in [-0.39, 0.29) is 22.3 Å². The topological polar surface area (TPSA) is 0 Å². The Bertz CT molecular complexity index is 0. The SMILES string of the molecule is C.C.C.CC. The van der Waals surface area contributed by atoms with Crippen LogP contribution in [0.4, 0.5) is 0 Å². The molecule has 0 N–H and O–H groups in total. The Morgan fingerprint density at radius 1 is 0.600 bits per heavy atom. The van der Waals surface area contributed by atoms with E-state index in [2.05, 4.69) is 0 Å². The van der Waals surface area contributed by atoms with Crippen LogP contribution in [0.2, 0.25) is 0 Å². The van der Waals surface area contributed by atoms with Crippen molar-refractivity contribution in [1.29, 1.82) is 0 Å². The van der Waals surface area contributed by atoms with Crippen molar-refractivity contribution in [2.75, 3.05) is 0 Å². The molecule has 0 rings (SSSR count). The van der Waals surface area contributed by atoms with Gasteiger partial charge in [0.1, 0.15) is 0 Å². The van der Waals surface area contributed by atoms with E-state index >= 15 is 0 Å². The van der Waals surface area contributed by atoms with E-state index in [0.29, 0.717) is 0 Å². The lowest BCUT2D eigenvalue weighted by atomic mass is 11.0. The van der Waals surface area contributed by atoms with Gasteiger partial charge < -0.3 is 0 Å². The molecule has 0 atom stereocenters. The third-order valence-corrected chi connectivity index (χ3v) is 0. The molecule has 0 heteroatoms. The molecule has 0 aromatic heterocycles. The lowest BCUT2D eigenvalue weighted by Crippen LogP contribution is -0.856. The Kier molecular flexibility index (Phi) is 0. The fraction of sp³-hybridized carbons (Fsp3) is 1.00. The summed E-state index contributed by atoms with van der Waals surface area (Å²) in [5.74, 6) is 0. The maximum atomic E-state index is 2.00. The number of hydrogen-bond acceptors (Lipinski definition) is 0. The van der Waals surface area contributed by atoms with Crippen LogP contribution in [0.5, 0.6) is 0 Å². The highest BCUT2D eigenvalue weighted by Gasteiger charge is 0.932. The van der Waals surface area contributed by atoms with Gasteiger partial charge in [-0.1, -0.05) is 36.1 Å². The van der Waals surface area contributed by atoms with Crippen molar-refractivity contribution in [2.24, 2.45) is 0 Å². The van der Waals surface area contributed by atoms with E-state index in [9.17, 15) is 0 Å². The zero-order valence-corrected chi connectivity index (χ0v) is 2.00. The minimum atomic E-state index is 0. The van der Waals surface area contributed by atoms with E-state index in [1.165, 1.54) is 0 Å². The summed E-state index contributed by atoms with van der Waals surface area (Å²) in [6.45, 7) is 4.00. The average molecular weight is 78.2 g/mol. The van der Waals surface area contributed by atoms with Crippen molar-refractivity contribution < 1.29 is 0 Å². The van der Waals surface area contributed by atoms with Crippen molar-refractivity contribution in [1.82, 2.24) is 0 Å². The standard InChI is InChI=1S/C2H6.3CH4/c1-2;;;/h1-2H3;3*1H4. The fourth-order valence-electron chi connectivity index (χ4n) is 0. The smallest absolute Gasteiger partial charge is 0.0683 e. The highest BCUT2D eigenvalue weighted by atomic mass is 13.0. The van der Waals surface area contributed by atoms with Gasteiger partial charge in [0, 0.05) is 0 Å². The quantitative estimate of drug-likeness (QED) is 0.418. The van der Waals surface area contributed by atoms with E-state index in [1.807, 2.05) is 13.8 Å². The van der Waals surface area contributed by atoms with Crippen LogP contribution in [0.3, 0.4) is 0 Å². The van der Waals surface area contributed by atoms with E-state index in [4.69, 9.17) is 0 Å². The van der Waals surface area contributed by atoms with Gasteiger partial charge in [0.25, 0.3) is 0 Å². The van der Waals surface area contributed by atoms with Gasteiger partial charge in [-0.3, -0.25) is 0 Å². The molecule has 5 heavy (non-hydrogen) atoms. The molecule has 0 aliphatic heterocycles. The summed E-state index contributed by atoms with van der Waals surface area (Å²) in [6.07, 6.45) is 0. The van der Waals surface area contributed by atoms with Crippen molar-refractivity contribution in [3.05, 3.63) is 0 Å². The van der Waals surface area contributed by atoms with Crippen LogP contribution in [0.15, 0.2) is 0 Å². The largest absolute Gasteiger partial charge is 0.0776 e. The van der Waals surface area contributed by atoms with Crippen LogP contribution in [0.1, 0.15) is 36.1 Å². The van der Waals surface area contributed by atoms with Crippen LogP contribution in [-0.4, -0.2) is 0 Å². The highest BCUT2D eigenvalue weighted by molar-refractivity contribution is 3.50. The summed E-state index contributed by atoms with van der Waals surface area (Å²) in [4.78, 5) is 0. The normalized spacial score (nSPS) is 1.20. The molecule has 0 unspecified atom stereocenters. The molecule has 0 nitrogen and oxygen atoms in total. The van der Waals surface area contributed by atoms with Gasteiger partial charge in [-0.05, 0) is 0 Å². The zero-order valence-electron chi connectivity index (χ0n) is 2.00. The third-order valence-electron chi connectivity index (χ3n) is 0. The van der Waals surface area contributed by atoms with Crippen LogP contribution < -0.4 is 0 Å². The molecule has 0 bridgehead atoms. The second-order valence-electron chi connectivity index (χ2n) is 0. The Morgan fingerprint density at radius 2 is 0.600 bits per heavy atom. The van der Waals surface area contributed by atoms with Gasteiger partial charge in [-0.15, -0.1) is 0 Å². The summed E-state index contributed by atoms with van der Waals surface area (Å²) in [5, 5.41) is 0. The molecule has 0 aliphatic carbocycles. The van der Waals surface area contributed by atoms with Gasteiger partial charge in [0.15, 0.2) is 0 Å². The van der Waals surface area contributed by atoms with Gasteiger partial charge in [0.05, 0.1) is 0 Å². The van der Waals surface area contributed by atoms with Crippen LogP contribution in [-0.2, 0) is 0 Å². The van der Waals surface area contributed by atoms with Crippen molar-refractivity contribution in [2.45, 2.75) is 36.1 Å². The highest BCUT2D eigenvalue weighted by Crippen LogP contribution is 1.14. The van der Waals surface area contributed by atoms with E-state index in [0.717, 1.165) is 0 Å². The first kappa shape index (κ1) is 80.0. The predicted octanol–water partition coefficient (Wildman–Crippen LogP) is 2.93. The molecule has 0 aromatic rings. The molecule has 0 saturated heterocycles. The summed E-state index contributed by atoms with van der Waals surface area (Å²) in [5.41, 5.74) is 0. The molecule has 0 radical (unpaired) electrons. The first-order valence-corrected chi connectivity index (χ1v) is 1.00. The lowest BCUT2D eigenvalue weighted by Gasteiger charge is -1.07. The van der Waals surface area contributed by atoms with E-state index in [1.54, 1.807) is 0 Å². The Morgan fingerprint density at radius 3 is 0.600 bits per heavy atom. The van der Waals surface area contributed by atoms with Gasteiger partial charge in [-0.2, -0.15) is 0 Å². The van der Waals surface area contributed by atoms with Crippen LogP contribution in [0.25, 0.3) is 0 Å². The Balaban J connectivity index is -0.00000000167. The predicted molar refractivity (Wildman–Crippen MR) is 31.5 cm³/mol. The van der Waals surface area contributed by atoms with Crippen molar-refractivity contribution >= 4 is 0 Å². The Hall–Kier alpha value is 0. The lowest BCUT2D eigenvalue weighted by molar-refractivity contribution is 1.50. The van der Waals surface area contributed by atoms with Crippen molar-refractivity contribution in [3.8, 4) is 0 Å². The summed E-state index contributed by atoms with van der Waals surface area (Å²) < 4.78 is 0. The monoisotopic (exact) mass is 78.1 g/mol. The molecule has 0 fully saturated rings. The summed E-state index contributed by atoms with van der Waals surface area (Å²) >= 11 is 0. The van der Waals surface area contributed by atoms with Crippen LogP contribution in [0, 0.1) is 0 Å². The number of hydrogen-bond donors (Lipinski definition) is 0. The molecule has 0 spiro atoms. The molecular formula is C5H18. The van der Waals surface area contributed by atoms with Crippen LogP contribution >= 0.6 is 0 Å². The van der Waals surface area contributed by atoms with Gasteiger partial charge in [0.2, 0.25) is 0 Å². The Labute approximate surface area is 37.2 Å². The molecule has 0 saturated carbocycles. The second-order valence-corrected chi connectivity index (χ2v) is 0. The molecule has 0 heterocycles. The minimum absolute atomic E-state index is 0. The zero-order chi connectivity index (χ0) is 2.00. The maximum Gasteiger partial charge on any atom is -0.0683 e. The second kappa shape index (κ2) is 0. The fourth-order valence-corrected chi connectivity index (χ4v) is 0. The summed E-state index contributed by atoms with van der Waals surface area (Å²) in [7, 11) is 0. The van der Waals surface area contributed by atoms with Gasteiger partial charge in [-0.25, -0.2) is 0 Å². The molecule has 0 aliphatic rings. The maximum absolute atomic E-state index is 2.00. The van der Waals surface area contributed by atoms with Gasteiger partial charge >= 0.3 is 0 Å². The third kappa shape index (κ3) is 0. The first-order chi connectivity index (χ1) is 1.00. The van der Waals surface area contributed by atoms with E-state index < -0.39 is 0 Å². The summed E-state index contributed by atoms with van der Waals surface area (Å²) in [6, 6.07) is 0. The molecule has 0 amide bonds. The number of rotatable bonds is 0. The molecular weight excluding hydrogens is 60.1 g/mol. The first-order valence-electron chi connectivity index (χ1n) is 1.00. The minimum Gasteiger partial charge on any atom is -0.0776 e. The van der Waals surface area contributed by atoms with Crippen molar-refractivity contribution in [3.63, 3.8) is 0 Å².